The second kappa shape index (κ2) is 7.03. The third kappa shape index (κ3) is 3.38. The molecule has 0 spiro atoms. The molecule has 2 aliphatic carbocycles. The van der Waals surface area contributed by atoms with Crippen molar-refractivity contribution in [2.45, 2.75) is 37.1 Å². The molecule has 0 heterocycles. The fourth-order valence-corrected chi connectivity index (χ4v) is 4.50. The van der Waals surface area contributed by atoms with Crippen molar-refractivity contribution in [2.75, 3.05) is 11.1 Å². The van der Waals surface area contributed by atoms with Crippen molar-refractivity contribution in [1.82, 2.24) is 0 Å². The highest BCUT2D eigenvalue weighted by Crippen LogP contribution is 2.47. The lowest BCUT2D eigenvalue weighted by Gasteiger charge is -2.27. The van der Waals surface area contributed by atoms with E-state index in [-0.39, 0.29) is 30.3 Å². The summed E-state index contributed by atoms with van der Waals surface area (Å²) in [6.07, 6.45) is 3.52. The minimum absolute atomic E-state index is 0. The summed E-state index contributed by atoms with van der Waals surface area (Å²) in [7, 11) is 0. The summed E-state index contributed by atoms with van der Waals surface area (Å²) in [4.78, 5) is 13.7. The van der Waals surface area contributed by atoms with Crippen LogP contribution in [0.1, 0.15) is 26.2 Å². The van der Waals surface area contributed by atoms with Crippen molar-refractivity contribution in [3.63, 3.8) is 0 Å². The Balaban J connectivity index is 0.00000161. The van der Waals surface area contributed by atoms with Gasteiger partial charge in [0.05, 0.1) is 5.92 Å². The summed E-state index contributed by atoms with van der Waals surface area (Å²) in [6.45, 7) is 2.13. The van der Waals surface area contributed by atoms with Crippen LogP contribution in [0.15, 0.2) is 29.2 Å². The summed E-state index contributed by atoms with van der Waals surface area (Å²) < 4.78 is 0. The molecule has 2 saturated carbocycles. The molecule has 4 unspecified atom stereocenters. The number of carbonyl (C=O) groups excluding carboxylic acids is 1. The quantitative estimate of drug-likeness (QED) is 0.832. The number of nitrogens with two attached hydrogens (primary N) is 1. The highest BCUT2D eigenvalue weighted by atomic mass is 35.5. The Morgan fingerprint density at radius 2 is 2.14 bits per heavy atom. The minimum Gasteiger partial charge on any atom is -0.327 e. The molecule has 4 atom stereocenters. The fourth-order valence-electron chi connectivity index (χ4n) is 3.78. The standard InChI is InChI=1S/C16H22N2OS.ClH/c1-2-20-13-5-3-4-12(9-13)18-16(19)14-10-6-7-11(8-10)15(14)17;/h3-5,9-11,14-15H,2,6-8,17H2,1H3,(H,18,19);1H. The van der Waals surface area contributed by atoms with Gasteiger partial charge in [-0.1, -0.05) is 13.0 Å². The summed E-state index contributed by atoms with van der Waals surface area (Å²) in [5.74, 6) is 2.23. The molecule has 3 N–H and O–H groups in total. The van der Waals surface area contributed by atoms with E-state index in [0.717, 1.165) is 17.9 Å². The summed E-state index contributed by atoms with van der Waals surface area (Å²) >= 11 is 1.79. The van der Waals surface area contributed by atoms with Crippen LogP contribution in [0.2, 0.25) is 0 Å². The predicted octanol–water partition coefficient (Wildman–Crippen LogP) is 3.53. The Morgan fingerprint density at radius 1 is 1.38 bits per heavy atom. The van der Waals surface area contributed by atoms with Crippen molar-refractivity contribution in [1.29, 1.82) is 0 Å². The number of fused-ring (bicyclic) bond motifs is 2. The Kier molecular flexibility index (Phi) is 5.58. The van der Waals surface area contributed by atoms with E-state index < -0.39 is 0 Å². The molecular weight excluding hydrogens is 304 g/mol. The highest BCUT2D eigenvalue weighted by Gasteiger charge is 2.49. The first-order chi connectivity index (χ1) is 9.69. The van der Waals surface area contributed by atoms with Crippen molar-refractivity contribution >= 4 is 35.8 Å². The molecule has 1 aromatic carbocycles. The Bertz CT molecular complexity index is 509. The topological polar surface area (TPSA) is 55.1 Å². The Labute approximate surface area is 136 Å². The third-order valence-electron chi connectivity index (χ3n) is 4.70. The number of anilines is 1. The normalized spacial score (nSPS) is 30.0. The average molecular weight is 327 g/mol. The predicted molar refractivity (Wildman–Crippen MR) is 91.0 cm³/mol. The van der Waals surface area contributed by atoms with Crippen LogP contribution < -0.4 is 11.1 Å². The van der Waals surface area contributed by atoms with Gasteiger partial charge < -0.3 is 11.1 Å². The van der Waals surface area contributed by atoms with Crippen molar-refractivity contribution < 1.29 is 4.79 Å². The molecule has 2 bridgehead atoms. The van der Waals surface area contributed by atoms with Crippen LogP contribution in [0.5, 0.6) is 0 Å². The summed E-state index contributed by atoms with van der Waals surface area (Å²) in [6, 6.07) is 8.13. The molecule has 1 aromatic rings. The largest absolute Gasteiger partial charge is 0.327 e. The second-order valence-corrected chi connectivity index (χ2v) is 7.22. The lowest BCUT2D eigenvalue weighted by Crippen LogP contribution is -2.42. The van der Waals surface area contributed by atoms with E-state index in [1.54, 1.807) is 11.8 Å². The van der Waals surface area contributed by atoms with Crippen LogP contribution in [-0.2, 0) is 4.79 Å². The van der Waals surface area contributed by atoms with Crippen molar-refractivity contribution in [3.8, 4) is 0 Å². The van der Waals surface area contributed by atoms with Crippen molar-refractivity contribution in [3.05, 3.63) is 24.3 Å². The van der Waals surface area contributed by atoms with E-state index in [0.29, 0.717) is 11.8 Å². The van der Waals surface area contributed by atoms with Crippen LogP contribution in [-0.4, -0.2) is 17.7 Å². The Morgan fingerprint density at radius 3 is 2.81 bits per heavy atom. The first-order valence-corrected chi connectivity index (χ1v) is 8.47. The molecule has 5 heteroatoms. The van der Waals surface area contributed by atoms with Gasteiger partial charge in [0.25, 0.3) is 0 Å². The fraction of sp³-hybridized carbons (Fsp3) is 0.562. The van der Waals surface area contributed by atoms with E-state index >= 15 is 0 Å². The van der Waals surface area contributed by atoms with E-state index in [4.69, 9.17) is 5.73 Å². The van der Waals surface area contributed by atoms with Gasteiger partial charge in [-0.15, -0.1) is 24.2 Å². The van der Waals surface area contributed by atoms with Gasteiger partial charge in [0.1, 0.15) is 0 Å². The number of carbonyl (C=O) groups is 1. The molecule has 2 fully saturated rings. The first-order valence-electron chi connectivity index (χ1n) is 7.48. The van der Waals surface area contributed by atoms with E-state index in [1.807, 2.05) is 18.2 Å². The molecule has 21 heavy (non-hydrogen) atoms. The lowest BCUT2D eigenvalue weighted by atomic mass is 9.84. The van der Waals surface area contributed by atoms with Crippen LogP contribution in [0.3, 0.4) is 0 Å². The second-order valence-electron chi connectivity index (χ2n) is 5.89. The molecule has 0 aliphatic heterocycles. The number of nitrogens with one attached hydrogen (secondary N) is 1. The molecule has 0 saturated heterocycles. The monoisotopic (exact) mass is 326 g/mol. The van der Waals surface area contributed by atoms with Gasteiger partial charge in [-0.2, -0.15) is 0 Å². The molecular formula is C16H23ClN2OS. The van der Waals surface area contributed by atoms with E-state index in [9.17, 15) is 4.79 Å². The van der Waals surface area contributed by atoms with Gasteiger partial charge in [-0.25, -0.2) is 0 Å². The van der Waals surface area contributed by atoms with Gasteiger partial charge >= 0.3 is 0 Å². The molecule has 3 rings (SSSR count). The number of hydrogen-bond donors (Lipinski definition) is 2. The smallest absolute Gasteiger partial charge is 0.229 e. The maximum absolute atomic E-state index is 12.5. The minimum atomic E-state index is 0. The zero-order chi connectivity index (χ0) is 14.1. The molecule has 116 valence electrons. The number of benzene rings is 1. The number of thioether (sulfide) groups is 1. The molecule has 0 radical (unpaired) electrons. The number of amides is 1. The van der Waals surface area contributed by atoms with Crippen molar-refractivity contribution in [2.24, 2.45) is 23.5 Å². The number of halogens is 1. The molecule has 3 nitrogen and oxygen atoms in total. The zero-order valence-corrected chi connectivity index (χ0v) is 13.9. The van der Waals surface area contributed by atoms with Crippen LogP contribution in [0.25, 0.3) is 0 Å². The van der Waals surface area contributed by atoms with E-state index in [2.05, 4.69) is 18.3 Å². The number of hydrogen-bond acceptors (Lipinski definition) is 3. The molecule has 0 aromatic heterocycles. The van der Waals surface area contributed by atoms with Gasteiger partial charge in [-0.3, -0.25) is 4.79 Å². The third-order valence-corrected chi connectivity index (χ3v) is 5.57. The van der Waals surface area contributed by atoms with Gasteiger partial charge in [0.15, 0.2) is 0 Å². The maximum atomic E-state index is 12.5. The zero-order valence-electron chi connectivity index (χ0n) is 12.2. The summed E-state index contributed by atoms with van der Waals surface area (Å²) in [5, 5.41) is 3.07. The van der Waals surface area contributed by atoms with Gasteiger partial charge in [0.2, 0.25) is 5.91 Å². The maximum Gasteiger partial charge on any atom is 0.229 e. The van der Waals surface area contributed by atoms with Crippen LogP contribution in [0.4, 0.5) is 5.69 Å². The number of rotatable bonds is 4. The first kappa shape index (κ1) is 16.7. The SMILES string of the molecule is CCSc1cccc(NC(=O)C2C3CCC(C3)C2N)c1.Cl. The highest BCUT2D eigenvalue weighted by molar-refractivity contribution is 7.99. The average Bonchev–Trinajstić information content (AvgIpc) is 3.00. The lowest BCUT2D eigenvalue weighted by molar-refractivity contribution is -0.121. The molecule has 1 amide bonds. The van der Waals surface area contributed by atoms with Crippen LogP contribution in [0, 0.1) is 17.8 Å². The van der Waals surface area contributed by atoms with Gasteiger partial charge in [-0.05, 0) is 55.1 Å². The molecule has 2 aliphatic rings. The van der Waals surface area contributed by atoms with Crippen LogP contribution >= 0.6 is 24.2 Å². The van der Waals surface area contributed by atoms with Gasteiger partial charge in [0, 0.05) is 16.6 Å². The Hall–Kier alpha value is -0.710. The summed E-state index contributed by atoms with van der Waals surface area (Å²) in [5.41, 5.74) is 7.12. The van der Waals surface area contributed by atoms with E-state index in [1.165, 1.54) is 17.7 Å².